The molecule has 1 unspecified atom stereocenters. The van der Waals surface area contributed by atoms with Gasteiger partial charge in [0.25, 0.3) is 0 Å². The first-order chi connectivity index (χ1) is 14.0. The molecule has 5 rings (SSSR count). The van der Waals surface area contributed by atoms with E-state index in [-0.39, 0.29) is 5.92 Å². The molecule has 3 aromatic carbocycles. The summed E-state index contributed by atoms with van der Waals surface area (Å²) in [6.07, 6.45) is 0. The Hall–Kier alpha value is -2.78. The molecule has 1 heterocycles. The number of aryl methyl sites for hydroxylation is 1. The number of hydrogen-bond donors (Lipinski definition) is 0. The highest BCUT2D eigenvalue weighted by Crippen LogP contribution is 2.56. The van der Waals surface area contributed by atoms with Crippen LogP contribution in [0.15, 0.2) is 48.5 Å². The van der Waals surface area contributed by atoms with Crippen LogP contribution in [0.4, 0.5) is 0 Å². The van der Waals surface area contributed by atoms with Crippen LogP contribution in [0.3, 0.4) is 0 Å². The van der Waals surface area contributed by atoms with Crippen molar-refractivity contribution in [2.24, 2.45) is 0 Å². The van der Waals surface area contributed by atoms with Crippen LogP contribution >= 0.6 is 11.3 Å². The molecule has 1 aromatic heterocycles. The third-order valence-corrected chi connectivity index (χ3v) is 7.59. The molecule has 0 saturated carbocycles. The first kappa shape index (κ1) is 18.3. The van der Waals surface area contributed by atoms with Crippen molar-refractivity contribution >= 4 is 21.4 Å². The number of thiophene rings is 1. The van der Waals surface area contributed by atoms with Crippen molar-refractivity contribution in [3.63, 3.8) is 0 Å². The fourth-order valence-corrected chi connectivity index (χ4v) is 6.03. The van der Waals surface area contributed by atoms with E-state index < -0.39 is 0 Å². The lowest BCUT2D eigenvalue weighted by atomic mass is 9.86. The SMILES string of the molecule is COc1ccc(C2c3cc(C)c(C)c(C)c3-c3sc4cc(OC)ccc4c32)cc1. The molecule has 0 fully saturated rings. The lowest BCUT2D eigenvalue weighted by Crippen LogP contribution is -2.01. The minimum Gasteiger partial charge on any atom is -0.497 e. The lowest BCUT2D eigenvalue weighted by molar-refractivity contribution is 0.414. The standard InChI is InChI=1S/C26H24O2S/c1-14-12-21-23(16(3)15(14)2)26-25(20-11-10-19(28-5)13-22(20)29-26)24(21)17-6-8-18(27-4)9-7-17/h6-13,24H,1-5H3. The fourth-order valence-electron chi connectivity index (χ4n) is 4.64. The van der Waals surface area contributed by atoms with Crippen molar-refractivity contribution in [2.75, 3.05) is 14.2 Å². The summed E-state index contributed by atoms with van der Waals surface area (Å²) >= 11 is 1.89. The first-order valence-electron chi connectivity index (χ1n) is 9.89. The summed E-state index contributed by atoms with van der Waals surface area (Å²) in [5.74, 6) is 2.05. The number of rotatable bonds is 3. The lowest BCUT2D eigenvalue weighted by Gasteiger charge is -2.18. The Kier molecular flexibility index (Phi) is 4.18. The van der Waals surface area contributed by atoms with Crippen LogP contribution < -0.4 is 9.47 Å². The van der Waals surface area contributed by atoms with Gasteiger partial charge in [-0.1, -0.05) is 18.2 Å². The van der Waals surface area contributed by atoms with E-state index in [2.05, 4.69) is 69.3 Å². The van der Waals surface area contributed by atoms with E-state index in [0.717, 1.165) is 11.5 Å². The molecular formula is C26H24O2S. The summed E-state index contributed by atoms with van der Waals surface area (Å²) in [6, 6.07) is 17.4. The molecule has 0 aliphatic heterocycles. The van der Waals surface area contributed by atoms with Gasteiger partial charge in [-0.25, -0.2) is 0 Å². The predicted molar refractivity (Wildman–Crippen MR) is 122 cm³/mol. The van der Waals surface area contributed by atoms with Gasteiger partial charge >= 0.3 is 0 Å². The fraction of sp³-hybridized carbons (Fsp3) is 0.231. The maximum absolute atomic E-state index is 5.48. The number of methoxy groups -OCH3 is 2. The largest absolute Gasteiger partial charge is 0.497 e. The van der Waals surface area contributed by atoms with E-state index in [1.54, 1.807) is 14.2 Å². The van der Waals surface area contributed by atoms with E-state index in [1.165, 1.54) is 53.9 Å². The minimum atomic E-state index is 0.242. The van der Waals surface area contributed by atoms with Crippen LogP contribution in [0.25, 0.3) is 20.5 Å². The highest BCUT2D eigenvalue weighted by atomic mass is 32.1. The van der Waals surface area contributed by atoms with Gasteiger partial charge in [0.05, 0.1) is 14.2 Å². The van der Waals surface area contributed by atoms with Crippen LogP contribution in [-0.2, 0) is 0 Å². The Balaban J connectivity index is 1.84. The summed E-state index contributed by atoms with van der Waals surface area (Å²) in [6.45, 7) is 6.73. The van der Waals surface area contributed by atoms with Crippen LogP contribution in [0.1, 0.15) is 39.3 Å². The Bertz CT molecular complexity index is 1250. The third-order valence-electron chi connectivity index (χ3n) is 6.40. The van der Waals surface area contributed by atoms with Crippen molar-refractivity contribution < 1.29 is 9.47 Å². The van der Waals surface area contributed by atoms with Gasteiger partial charge in [-0.2, -0.15) is 0 Å². The summed E-state index contributed by atoms with van der Waals surface area (Å²) in [4.78, 5) is 1.41. The van der Waals surface area contributed by atoms with Gasteiger partial charge in [-0.05, 0) is 95.4 Å². The predicted octanol–water partition coefficient (Wildman–Crippen LogP) is 7.00. The summed E-state index contributed by atoms with van der Waals surface area (Å²) in [7, 11) is 3.45. The smallest absolute Gasteiger partial charge is 0.120 e. The molecule has 2 nitrogen and oxygen atoms in total. The zero-order valence-corrected chi connectivity index (χ0v) is 18.2. The minimum absolute atomic E-state index is 0.242. The highest BCUT2D eigenvalue weighted by Gasteiger charge is 2.35. The maximum Gasteiger partial charge on any atom is 0.120 e. The van der Waals surface area contributed by atoms with Gasteiger partial charge in [0.15, 0.2) is 0 Å². The summed E-state index contributed by atoms with van der Waals surface area (Å²) < 4.78 is 12.2. The topological polar surface area (TPSA) is 18.5 Å². The maximum atomic E-state index is 5.48. The van der Waals surface area contributed by atoms with Crippen molar-refractivity contribution in [2.45, 2.75) is 26.7 Å². The number of benzene rings is 3. The molecule has 0 saturated heterocycles. The van der Waals surface area contributed by atoms with E-state index in [9.17, 15) is 0 Å². The number of fused-ring (bicyclic) bond motifs is 5. The molecule has 0 amide bonds. The van der Waals surface area contributed by atoms with E-state index in [0.29, 0.717) is 0 Å². The zero-order chi connectivity index (χ0) is 20.3. The van der Waals surface area contributed by atoms with Gasteiger partial charge in [-0.15, -0.1) is 11.3 Å². The van der Waals surface area contributed by atoms with Crippen molar-refractivity contribution in [3.8, 4) is 21.9 Å². The van der Waals surface area contributed by atoms with Gasteiger partial charge < -0.3 is 9.47 Å². The molecular weight excluding hydrogens is 376 g/mol. The second-order valence-electron chi connectivity index (χ2n) is 7.82. The number of hydrogen-bond acceptors (Lipinski definition) is 3. The molecule has 4 aromatic rings. The molecule has 3 heteroatoms. The zero-order valence-electron chi connectivity index (χ0n) is 17.4. The second kappa shape index (κ2) is 6.64. The van der Waals surface area contributed by atoms with E-state index in [4.69, 9.17) is 9.47 Å². The molecule has 0 radical (unpaired) electrons. The number of ether oxygens (including phenoxy) is 2. The average Bonchev–Trinajstić information content (AvgIpc) is 3.25. The Morgan fingerprint density at radius 3 is 2.17 bits per heavy atom. The Morgan fingerprint density at radius 2 is 1.48 bits per heavy atom. The van der Waals surface area contributed by atoms with Crippen LogP contribution in [0, 0.1) is 20.8 Å². The average molecular weight is 401 g/mol. The molecule has 1 atom stereocenters. The molecule has 1 aliphatic carbocycles. The Labute approximate surface area is 175 Å². The van der Waals surface area contributed by atoms with Crippen molar-refractivity contribution in [1.82, 2.24) is 0 Å². The quantitative estimate of drug-likeness (QED) is 0.324. The van der Waals surface area contributed by atoms with Gasteiger partial charge in [0.2, 0.25) is 0 Å². The summed E-state index contributed by atoms with van der Waals surface area (Å²) in [5, 5.41) is 1.33. The van der Waals surface area contributed by atoms with Gasteiger partial charge in [0, 0.05) is 15.5 Å². The van der Waals surface area contributed by atoms with E-state index >= 15 is 0 Å². The molecule has 29 heavy (non-hydrogen) atoms. The van der Waals surface area contributed by atoms with Gasteiger partial charge in [0.1, 0.15) is 11.5 Å². The van der Waals surface area contributed by atoms with Crippen molar-refractivity contribution in [3.05, 3.63) is 81.9 Å². The molecule has 0 bridgehead atoms. The van der Waals surface area contributed by atoms with Crippen LogP contribution in [0.2, 0.25) is 0 Å². The normalized spacial score (nSPS) is 14.7. The Morgan fingerprint density at radius 1 is 0.793 bits per heavy atom. The first-order valence-corrected chi connectivity index (χ1v) is 10.7. The summed E-state index contributed by atoms with van der Waals surface area (Å²) in [5.41, 5.74) is 9.74. The van der Waals surface area contributed by atoms with Gasteiger partial charge in [-0.3, -0.25) is 0 Å². The molecule has 0 N–H and O–H groups in total. The van der Waals surface area contributed by atoms with E-state index in [1.807, 2.05) is 11.3 Å². The third kappa shape index (κ3) is 2.61. The van der Waals surface area contributed by atoms with Crippen molar-refractivity contribution in [1.29, 1.82) is 0 Å². The second-order valence-corrected chi connectivity index (χ2v) is 8.87. The highest BCUT2D eigenvalue weighted by molar-refractivity contribution is 7.22. The van der Waals surface area contributed by atoms with Crippen LogP contribution in [-0.4, -0.2) is 14.2 Å². The monoisotopic (exact) mass is 400 g/mol. The molecule has 1 aliphatic rings. The molecule has 0 spiro atoms. The molecule has 146 valence electrons. The van der Waals surface area contributed by atoms with Crippen LogP contribution in [0.5, 0.6) is 11.5 Å².